The van der Waals surface area contributed by atoms with E-state index in [0.717, 1.165) is 11.1 Å². The lowest BCUT2D eigenvalue weighted by Crippen LogP contribution is -2.49. The van der Waals surface area contributed by atoms with E-state index < -0.39 is 10.0 Å². The molecule has 1 aliphatic rings. The zero-order valence-corrected chi connectivity index (χ0v) is 15.8. The molecule has 0 bridgehead atoms. The van der Waals surface area contributed by atoms with E-state index in [2.05, 4.69) is 10.1 Å². The van der Waals surface area contributed by atoms with E-state index >= 15 is 0 Å². The van der Waals surface area contributed by atoms with Crippen molar-refractivity contribution in [3.63, 3.8) is 0 Å². The first-order valence-electron chi connectivity index (χ1n) is 8.75. The number of benzene rings is 2. The Bertz CT molecular complexity index is 1010. The van der Waals surface area contributed by atoms with Crippen LogP contribution in [-0.4, -0.2) is 49.0 Å². The molecule has 0 atom stereocenters. The second-order valence-electron chi connectivity index (χ2n) is 6.47. The highest BCUT2D eigenvalue weighted by molar-refractivity contribution is 7.89. The van der Waals surface area contributed by atoms with E-state index in [-0.39, 0.29) is 0 Å². The maximum atomic E-state index is 12.8. The van der Waals surface area contributed by atoms with Gasteiger partial charge in [-0.1, -0.05) is 35.9 Å². The van der Waals surface area contributed by atoms with Gasteiger partial charge < -0.3 is 9.42 Å². The maximum absolute atomic E-state index is 12.8. The third-order valence-electron chi connectivity index (χ3n) is 4.62. The van der Waals surface area contributed by atoms with Crippen molar-refractivity contribution in [1.29, 1.82) is 0 Å². The fraction of sp³-hybridized carbons (Fsp3) is 0.263. The number of hydrogen-bond acceptors (Lipinski definition) is 6. The molecule has 1 saturated heterocycles. The average Bonchev–Trinajstić information content (AvgIpc) is 3.19. The van der Waals surface area contributed by atoms with Crippen molar-refractivity contribution in [3.05, 3.63) is 60.2 Å². The predicted molar refractivity (Wildman–Crippen MR) is 102 cm³/mol. The Hall–Kier alpha value is -2.71. The topological polar surface area (TPSA) is 79.5 Å². The molecule has 1 aliphatic heterocycles. The standard InChI is InChI=1S/C19H20N4O3S/c1-15-7-9-17(10-8-15)27(24,25)23-13-11-22(12-14-23)19-20-18(26-21-19)16-5-3-2-4-6-16/h2-10H,11-14H2,1H3. The summed E-state index contributed by atoms with van der Waals surface area (Å²) >= 11 is 0. The number of rotatable bonds is 4. The highest BCUT2D eigenvalue weighted by Crippen LogP contribution is 2.23. The SMILES string of the molecule is Cc1ccc(S(=O)(=O)N2CCN(c3noc(-c4ccccc4)n3)CC2)cc1. The number of sulfonamides is 1. The molecule has 4 rings (SSSR count). The molecule has 2 aromatic carbocycles. The van der Waals surface area contributed by atoms with Gasteiger partial charge in [-0.25, -0.2) is 8.42 Å². The summed E-state index contributed by atoms with van der Waals surface area (Å²) in [5.41, 5.74) is 1.89. The van der Waals surface area contributed by atoms with Crippen LogP contribution in [0.4, 0.5) is 5.95 Å². The molecule has 7 nitrogen and oxygen atoms in total. The van der Waals surface area contributed by atoms with Gasteiger partial charge >= 0.3 is 0 Å². The molecule has 0 aliphatic carbocycles. The van der Waals surface area contributed by atoms with E-state index in [0.29, 0.717) is 42.9 Å². The third kappa shape index (κ3) is 3.58. The molecule has 1 aromatic heterocycles. The molecule has 0 unspecified atom stereocenters. The number of aryl methyl sites for hydroxylation is 1. The van der Waals surface area contributed by atoms with E-state index in [1.54, 1.807) is 12.1 Å². The third-order valence-corrected chi connectivity index (χ3v) is 6.53. The van der Waals surface area contributed by atoms with E-state index in [1.807, 2.05) is 54.3 Å². The molecule has 0 spiro atoms. The van der Waals surface area contributed by atoms with Crippen molar-refractivity contribution in [3.8, 4) is 11.5 Å². The minimum Gasteiger partial charge on any atom is -0.336 e. The Balaban J connectivity index is 1.45. The molecule has 1 fully saturated rings. The lowest BCUT2D eigenvalue weighted by Gasteiger charge is -2.33. The van der Waals surface area contributed by atoms with Gasteiger partial charge in [0.1, 0.15) is 0 Å². The summed E-state index contributed by atoms with van der Waals surface area (Å²) < 4.78 is 32.4. The van der Waals surface area contributed by atoms with Crippen molar-refractivity contribution < 1.29 is 12.9 Å². The minimum absolute atomic E-state index is 0.326. The van der Waals surface area contributed by atoms with Crippen LogP contribution in [0.1, 0.15) is 5.56 Å². The van der Waals surface area contributed by atoms with Gasteiger partial charge in [-0.05, 0) is 36.3 Å². The Morgan fingerprint density at radius 2 is 1.59 bits per heavy atom. The summed E-state index contributed by atoms with van der Waals surface area (Å²) in [5, 5.41) is 4.04. The number of anilines is 1. The van der Waals surface area contributed by atoms with Crippen molar-refractivity contribution >= 4 is 16.0 Å². The zero-order valence-electron chi connectivity index (χ0n) is 14.9. The minimum atomic E-state index is -3.48. The zero-order chi connectivity index (χ0) is 18.9. The molecule has 0 N–H and O–H groups in total. The van der Waals surface area contributed by atoms with Crippen molar-refractivity contribution in [2.45, 2.75) is 11.8 Å². The second kappa shape index (κ2) is 7.13. The largest absolute Gasteiger partial charge is 0.336 e. The smallest absolute Gasteiger partial charge is 0.266 e. The molecule has 27 heavy (non-hydrogen) atoms. The lowest BCUT2D eigenvalue weighted by molar-refractivity contribution is 0.377. The van der Waals surface area contributed by atoms with E-state index in [9.17, 15) is 8.42 Å². The van der Waals surface area contributed by atoms with Crippen LogP contribution >= 0.6 is 0 Å². The van der Waals surface area contributed by atoms with Crippen LogP contribution in [0.2, 0.25) is 0 Å². The van der Waals surface area contributed by atoms with Crippen molar-refractivity contribution in [2.75, 3.05) is 31.1 Å². The Labute approximate surface area is 158 Å². The number of nitrogens with zero attached hydrogens (tertiary/aromatic N) is 4. The molecule has 2 heterocycles. The predicted octanol–water partition coefficient (Wildman–Crippen LogP) is 2.56. The van der Waals surface area contributed by atoms with Gasteiger partial charge in [-0.2, -0.15) is 9.29 Å². The summed E-state index contributed by atoms with van der Waals surface area (Å²) in [6.45, 7) is 3.72. The molecule has 0 saturated carbocycles. The van der Waals surface area contributed by atoms with Gasteiger partial charge in [0.05, 0.1) is 4.90 Å². The van der Waals surface area contributed by atoms with Gasteiger partial charge in [-0.3, -0.25) is 0 Å². The maximum Gasteiger partial charge on any atom is 0.266 e. The van der Waals surface area contributed by atoms with E-state index in [1.165, 1.54) is 4.31 Å². The normalized spacial score (nSPS) is 15.8. The summed E-state index contributed by atoms with van der Waals surface area (Å²) in [7, 11) is -3.48. The fourth-order valence-corrected chi connectivity index (χ4v) is 4.45. The molecule has 140 valence electrons. The Morgan fingerprint density at radius 1 is 0.926 bits per heavy atom. The van der Waals surface area contributed by atoms with E-state index in [4.69, 9.17) is 4.52 Å². The van der Waals surface area contributed by atoms with Crippen LogP contribution in [0.15, 0.2) is 64.0 Å². The molecule has 3 aromatic rings. The van der Waals surface area contributed by atoms with Gasteiger partial charge in [0, 0.05) is 31.7 Å². The van der Waals surface area contributed by atoms with Crippen molar-refractivity contribution in [1.82, 2.24) is 14.4 Å². The quantitative estimate of drug-likeness (QED) is 0.688. The average molecular weight is 384 g/mol. The molecule has 8 heteroatoms. The summed E-state index contributed by atoms with van der Waals surface area (Å²) in [6.07, 6.45) is 0. The lowest BCUT2D eigenvalue weighted by atomic mass is 10.2. The Kier molecular flexibility index (Phi) is 4.67. The van der Waals surface area contributed by atoms with Gasteiger partial charge in [0.25, 0.3) is 11.8 Å². The fourth-order valence-electron chi connectivity index (χ4n) is 3.03. The summed E-state index contributed by atoms with van der Waals surface area (Å²) in [5.74, 6) is 0.946. The van der Waals surface area contributed by atoms with Gasteiger partial charge in [0.15, 0.2) is 0 Å². The van der Waals surface area contributed by atoms with Crippen LogP contribution in [0.25, 0.3) is 11.5 Å². The highest BCUT2D eigenvalue weighted by atomic mass is 32.2. The number of hydrogen-bond donors (Lipinski definition) is 0. The molecule has 0 amide bonds. The van der Waals surface area contributed by atoms with Crippen molar-refractivity contribution in [2.24, 2.45) is 0 Å². The first-order chi connectivity index (χ1) is 13.0. The van der Waals surface area contributed by atoms with Gasteiger partial charge in [-0.15, -0.1) is 0 Å². The second-order valence-corrected chi connectivity index (χ2v) is 8.41. The van der Waals surface area contributed by atoms with Gasteiger partial charge in [0.2, 0.25) is 10.0 Å². The molecular formula is C19H20N4O3S. The van der Waals surface area contributed by atoms with Crippen LogP contribution in [0, 0.1) is 6.92 Å². The number of aromatic nitrogens is 2. The van der Waals surface area contributed by atoms with Crippen LogP contribution in [0.3, 0.4) is 0 Å². The van der Waals surface area contributed by atoms with Crippen LogP contribution in [0.5, 0.6) is 0 Å². The van der Waals surface area contributed by atoms with Crippen LogP contribution in [-0.2, 0) is 10.0 Å². The van der Waals surface area contributed by atoms with Crippen LogP contribution < -0.4 is 4.90 Å². The summed E-state index contributed by atoms with van der Waals surface area (Å²) in [6, 6.07) is 16.5. The monoisotopic (exact) mass is 384 g/mol. The Morgan fingerprint density at radius 3 is 2.26 bits per heavy atom. The first-order valence-corrected chi connectivity index (χ1v) is 10.2. The molecule has 0 radical (unpaired) electrons. The number of piperazine rings is 1. The molecular weight excluding hydrogens is 364 g/mol. The summed E-state index contributed by atoms with van der Waals surface area (Å²) in [4.78, 5) is 6.71. The highest BCUT2D eigenvalue weighted by Gasteiger charge is 2.30. The first kappa shape index (κ1) is 17.7.